The molecule has 0 bridgehead atoms. The van der Waals surface area contributed by atoms with Gasteiger partial charge in [0.15, 0.2) is 0 Å². The zero-order valence-electron chi connectivity index (χ0n) is 8.30. The van der Waals surface area contributed by atoms with Crippen LogP contribution in [0.4, 0.5) is 5.69 Å². The summed E-state index contributed by atoms with van der Waals surface area (Å²) >= 11 is 5.83. The second-order valence-corrected chi connectivity index (χ2v) is 5.68. The topological polar surface area (TPSA) is 21.3 Å². The van der Waals surface area contributed by atoms with Crippen molar-refractivity contribution in [3.63, 3.8) is 0 Å². The molecule has 0 radical (unpaired) electrons. The summed E-state index contributed by atoms with van der Waals surface area (Å²) in [6.45, 7) is 1.76. The highest BCUT2D eigenvalue weighted by molar-refractivity contribution is 14.1. The fraction of sp³-hybridized carbons (Fsp3) is 0.455. The number of halogens is 2. The molecule has 0 aromatic heterocycles. The molecule has 82 valence electrons. The Kier molecular flexibility index (Phi) is 4.28. The van der Waals surface area contributed by atoms with Crippen LogP contribution in [-0.4, -0.2) is 19.3 Å². The van der Waals surface area contributed by atoms with Gasteiger partial charge in [-0.25, -0.2) is 0 Å². The zero-order valence-corrected chi connectivity index (χ0v) is 12.0. The van der Waals surface area contributed by atoms with E-state index in [4.69, 9.17) is 4.74 Å². The van der Waals surface area contributed by atoms with E-state index in [1.807, 2.05) is 0 Å². The molecular weight excluding hydrogens is 369 g/mol. The molecular formula is C11H13BrINO. The third kappa shape index (κ3) is 3.32. The Labute approximate surface area is 112 Å². The van der Waals surface area contributed by atoms with Crippen LogP contribution in [0.15, 0.2) is 22.7 Å². The van der Waals surface area contributed by atoms with E-state index in [0.29, 0.717) is 6.04 Å². The van der Waals surface area contributed by atoms with Gasteiger partial charge in [0.25, 0.3) is 0 Å². The van der Waals surface area contributed by atoms with Crippen LogP contribution in [0.5, 0.6) is 0 Å². The van der Waals surface area contributed by atoms with Gasteiger partial charge in [-0.3, -0.25) is 0 Å². The van der Waals surface area contributed by atoms with Crippen molar-refractivity contribution in [2.45, 2.75) is 18.9 Å². The molecule has 1 aromatic carbocycles. The molecule has 2 rings (SSSR count). The van der Waals surface area contributed by atoms with Gasteiger partial charge in [-0.05, 0) is 69.6 Å². The lowest BCUT2D eigenvalue weighted by atomic mass is 10.1. The normalized spacial score (nSPS) is 17.7. The molecule has 1 saturated heterocycles. The van der Waals surface area contributed by atoms with E-state index in [9.17, 15) is 0 Å². The summed E-state index contributed by atoms with van der Waals surface area (Å²) in [6.07, 6.45) is 2.21. The smallest absolute Gasteiger partial charge is 0.0485 e. The largest absolute Gasteiger partial charge is 0.382 e. The van der Waals surface area contributed by atoms with E-state index in [1.54, 1.807) is 0 Å². The van der Waals surface area contributed by atoms with Gasteiger partial charge in [0, 0.05) is 33.0 Å². The maximum absolute atomic E-state index is 5.33. The molecule has 1 aliphatic rings. The van der Waals surface area contributed by atoms with Gasteiger partial charge in [0.1, 0.15) is 0 Å². The van der Waals surface area contributed by atoms with Crippen molar-refractivity contribution in [3.8, 4) is 0 Å². The average Bonchev–Trinajstić information content (AvgIpc) is 2.25. The first-order valence-electron chi connectivity index (χ1n) is 5.05. The van der Waals surface area contributed by atoms with E-state index < -0.39 is 0 Å². The minimum absolute atomic E-state index is 0.565. The Morgan fingerprint density at radius 1 is 1.33 bits per heavy atom. The fourth-order valence-electron chi connectivity index (χ4n) is 1.66. The summed E-state index contributed by atoms with van der Waals surface area (Å²) in [5.41, 5.74) is 1.20. The minimum Gasteiger partial charge on any atom is -0.382 e. The van der Waals surface area contributed by atoms with Crippen molar-refractivity contribution in [3.05, 3.63) is 26.2 Å². The minimum atomic E-state index is 0.565. The predicted octanol–water partition coefficient (Wildman–Crippen LogP) is 3.64. The zero-order chi connectivity index (χ0) is 10.7. The first kappa shape index (κ1) is 11.7. The Hall–Kier alpha value is 0.190. The summed E-state index contributed by atoms with van der Waals surface area (Å²) in [4.78, 5) is 0. The van der Waals surface area contributed by atoms with E-state index >= 15 is 0 Å². The molecule has 0 aliphatic carbocycles. The van der Waals surface area contributed by atoms with Crippen LogP contribution in [0.2, 0.25) is 0 Å². The van der Waals surface area contributed by atoms with E-state index in [0.717, 1.165) is 30.5 Å². The van der Waals surface area contributed by atoms with Gasteiger partial charge in [-0.2, -0.15) is 0 Å². The molecule has 1 fully saturated rings. The predicted molar refractivity (Wildman–Crippen MR) is 74.3 cm³/mol. The third-order valence-corrected chi connectivity index (χ3v) is 4.84. The Morgan fingerprint density at radius 2 is 2.07 bits per heavy atom. The number of hydrogen-bond donors (Lipinski definition) is 1. The molecule has 4 heteroatoms. The van der Waals surface area contributed by atoms with E-state index in [-0.39, 0.29) is 0 Å². The van der Waals surface area contributed by atoms with Crippen molar-refractivity contribution >= 4 is 44.2 Å². The maximum Gasteiger partial charge on any atom is 0.0485 e. The monoisotopic (exact) mass is 381 g/mol. The highest BCUT2D eigenvalue weighted by Gasteiger charge is 2.13. The summed E-state index contributed by atoms with van der Waals surface area (Å²) < 4.78 is 7.73. The third-order valence-electron chi connectivity index (χ3n) is 2.51. The number of rotatable bonds is 2. The van der Waals surface area contributed by atoms with Crippen LogP contribution in [0, 0.1) is 3.57 Å². The lowest BCUT2D eigenvalue weighted by Gasteiger charge is -2.24. The average molecular weight is 382 g/mol. The standard InChI is InChI=1S/C11H13BrINO/c12-10-2-1-9(7-11(10)13)14-8-3-5-15-6-4-8/h1-2,7-8,14H,3-6H2. The molecule has 2 nitrogen and oxygen atoms in total. The van der Waals surface area contributed by atoms with Crippen molar-refractivity contribution < 1.29 is 4.74 Å². The van der Waals surface area contributed by atoms with Crippen molar-refractivity contribution in [2.75, 3.05) is 18.5 Å². The van der Waals surface area contributed by atoms with Crippen LogP contribution in [0.25, 0.3) is 0 Å². The van der Waals surface area contributed by atoms with Gasteiger partial charge in [-0.15, -0.1) is 0 Å². The lowest BCUT2D eigenvalue weighted by molar-refractivity contribution is 0.0904. The van der Waals surface area contributed by atoms with Gasteiger partial charge < -0.3 is 10.1 Å². The molecule has 0 spiro atoms. The second-order valence-electron chi connectivity index (χ2n) is 3.66. The van der Waals surface area contributed by atoms with Gasteiger partial charge in [0.2, 0.25) is 0 Å². The Bertz CT molecular complexity index is 339. The quantitative estimate of drug-likeness (QED) is 0.789. The molecule has 0 amide bonds. The van der Waals surface area contributed by atoms with E-state index in [1.165, 1.54) is 9.26 Å². The fourth-order valence-corrected chi connectivity index (χ4v) is 2.43. The number of ether oxygens (including phenoxy) is 1. The second kappa shape index (κ2) is 5.50. The van der Waals surface area contributed by atoms with E-state index in [2.05, 4.69) is 62.0 Å². The molecule has 0 saturated carbocycles. The summed E-state index contributed by atoms with van der Waals surface area (Å²) in [6, 6.07) is 6.93. The summed E-state index contributed by atoms with van der Waals surface area (Å²) in [7, 11) is 0. The van der Waals surface area contributed by atoms with Crippen LogP contribution >= 0.6 is 38.5 Å². The molecule has 1 aliphatic heterocycles. The van der Waals surface area contributed by atoms with Gasteiger partial charge in [-0.1, -0.05) is 0 Å². The first-order chi connectivity index (χ1) is 7.25. The summed E-state index contributed by atoms with van der Waals surface area (Å²) in [5, 5.41) is 3.54. The summed E-state index contributed by atoms with van der Waals surface area (Å²) in [5.74, 6) is 0. The van der Waals surface area contributed by atoms with Gasteiger partial charge in [0.05, 0.1) is 0 Å². The molecule has 1 heterocycles. The SMILES string of the molecule is Brc1ccc(NC2CCOCC2)cc1I. The van der Waals surface area contributed by atoms with Gasteiger partial charge >= 0.3 is 0 Å². The van der Waals surface area contributed by atoms with Crippen LogP contribution < -0.4 is 5.32 Å². The molecule has 1 N–H and O–H groups in total. The Morgan fingerprint density at radius 3 is 2.73 bits per heavy atom. The maximum atomic E-state index is 5.33. The number of anilines is 1. The number of nitrogens with one attached hydrogen (secondary N) is 1. The molecule has 1 aromatic rings. The number of benzene rings is 1. The van der Waals surface area contributed by atoms with Crippen LogP contribution in [0.1, 0.15) is 12.8 Å². The Balaban J connectivity index is 2.00. The van der Waals surface area contributed by atoms with Crippen LogP contribution in [0.3, 0.4) is 0 Å². The lowest BCUT2D eigenvalue weighted by Crippen LogP contribution is -2.27. The highest BCUT2D eigenvalue weighted by atomic mass is 127. The first-order valence-corrected chi connectivity index (χ1v) is 6.92. The highest BCUT2D eigenvalue weighted by Crippen LogP contribution is 2.24. The van der Waals surface area contributed by atoms with Crippen molar-refractivity contribution in [2.24, 2.45) is 0 Å². The van der Waals surface area contributed by atoms with Crippen molar-refractivity contribution in [1.82, 2.24) is 0 Å². The number of hydrogen-bond acceptors (Lipinski definition) is 2. The van der Waals surface area contributed by atoms with Crippen LogP contribution in [-0.2, 0) is 4.74 Å². The molecule has 0 unspecified atom stereocenters. The molecule has 15 heavy (non-hydrogen) atoms. The van der Waals surface area contributed by atoms with Crippen molar-refractivity contribution in [1.29, 1.82) is 0 Å². The molecule has 0 atom stereocenters.